The van der Waals surface area contributed by atoms with E-state index < -0.39 is 6.10 Å². The van der Waals surface area contributed by atoms with E-state index in [0.717, 1.165) is 10.4 Å². The van der Waals surface area contributed by atoms with Gasteiger partial charge in [-0.15, -0.1) is 11.3 Å². The number of aryl methyl sites for hydroxylation is 2. The molecule has 1 atom stereocenters. The molecule has 0 spiro atoms. The Labute approximate surface area is 115 Å². The van der Waals surface area contributed by atoms with Crippen molar-refractivity contribution in [2.45, 2.75) is 20.0 Å². The quantitative estimate of drug-likeness (QED) is 0.844. The lowest BCUT2D eigenvalue weighted by atomic mass is 10.1. The first-order valence-corrected chi connectivity index (χ1v) is 6.76. The van der Waals surface area contributed by atoms with Crippen LogP contribution in [0.1, 0.15) is 27.0 Å². The second-order valence-corrected chi connectivity index (χ2v) is 6.07. The molecular formula is C13H12Cl2OS. The molecule has 17 heavy (non-hydrogen) atoms. The standard InChI is InChI=1S/C13H12Cl2OS/c1-7-5-12(17-8(7)2)13(16)9-3-4-10(14)11(15)6-9/h3-6,13,16H,1-2H3. The maximum atomic E-state index is 10.3. The van der Waals surface area contributed by atoms with Crippen LogP contribution in [-0.2, 0) is 0 Å². The van der Waals surface area contributed by atoms with Crippen molar-refractivity contribution in [2.75, 3.05) is 0 Å². The highest BCUT2D eigenvalue weighted by atomic mass is 35.5. The molecule has 0 saturated carbocycles. The number of aliphatic hydroxyl groups excluding tert-OH is 1. The van der Waals surface area contributed by atoms with Crippen LogP contribution in [0.4, 0.5) is 0 Å². The topological polar surface area (TPSA) is 20.2 Å². The van der Waals surface area contributed by atoms with Crippen LogP contribution in [0.25, 0.3) is 0 Å². The van der Waals surface area contributed by atoms with Crippen LogP contribution in [0.15, 0.2) is 24.3 Å². The molecule has 0 bridgehead atoms. The highest BCUT2D eigenvalue weighted by molar-refractivity contribution is 7.12. The lowest BCUT2D eigenvalue weighted by molar-refractivity contribution is 0.224. The molecule has 1 N–H and O–H groups in total. The van der Waals surface area contributed by atoms with Gasteiger partial charge in [0.15, 0.2) is 0 Å². The van der Waals surface area contributed by atoms with Gasteiger partial charge in [0.25, 0.3) is 0 Å². The van der Waals surface area contributed by atoms with Crippen LogP contribution in [0.2, 0.25) is 10.0 Å². The molecule has 90 valence electrons. The fraction of sp³-hybridized carbons (Fsp3) is 0.231. The molecule has 0 amide bonds. The molecule has 2 rings (SSSR count). The fourth-order valence-corrected chi connectivity index (χ4v) is 2.95. The molecule has 0 aliphatic heterocycles. The minimum absolute atomic E-state index is 0.466. The third-order valence-electron chi connectivity index (χ3n) is 2.71. The lowest BCUT2D eigenvalue weighted by Crippen LogP contribution is -1.96. The van der Waals surface area contributed by atoms with Crippen LogP contribution >= 0.6 is 34.5 Å². The van der Waals surface area contributed by atoms with Gasteiger partial charge in [0.2, 0.25) is 0 Å². The Balaban J connectivity index is 2.36. The van der Waals surface area contributed by atoms with E-state index in [-0.39, 0.29) is 0 Å². The zero-order valence-corrected chi connectivity index (χ0v) is 11.8. The minimum atomic E-state index is -0.637. The summed E-state index contributed by atoms with van der Waals surface area (Å²) >= 11 is 13.4. The maximum Gasteiger partial charge on any atom is 0.113 e. The molecule has 0 aliphatic carbocycles. The van der Waals surface area contributed by atoms with Gasteiger partial charge in [-0.25, -0.2) is 0 Å². The summed E-state index contributed by atoms with van der Waals surface area (Å²) in [7, 11) is 0. The average Bonchev–Trinajstić information content (AvgIpc) is 2.62. The molecule has 1 heterocycles. The van der Waals surface area contributed by atoms with Gasteiger partial charge < -0.3 is 5.11 Å². The number of benzene rings is 1. The zero-order chi connectivity index (χ0) is 12.6. The Kier molecular flexibility index (Phi) is 3.79. The van der Waals surface area contributed by atoms with E-state index in [9.17, 15) is 5.11 Å². The smallest absolute Gasteiger partial charge is 0.113 e. The van der Waals surface area contributed by atoms with Crippen molar-refractivity contribution in [3.8, 4) is 0 Å². The summed E-state index contributed by atoms with van der Waals surface area (Å²) in [5, 5.41) is 11.2. The molecule has 0 fully saturated rings. The summed E-state index contributed by atoms with van der Waals surface area (Å²) in [5.41, 5.74) is 1.96. The molecule has 0 radical (unpaired) electrons. The Morgan fingerprint density at radius 2 is 1.82 bits per heavy atom. The van der Waals surface area contributed by atoms with Gasteiger partial charge >= 0.3 is 0 Å². The minimum Gasteiger partial charge on any atom is -0.383 e. The first-order valence-electron chi connectivity index (χ1n) is 5.19. The van der Waals surface area contributed by atoms with E-state index >= 15 is 0 Å². The molecule has 2 aromatic rings. The highest BCUT2D eigenvalue weighted by Gasteiger charge is 2.15. The van der Waals surface area contributed by atoms with Crippen LogP contribution < -0.4 is 0 Å². The van der Waals surface area contributed by atoms with Crippen LogP contribution in [0, 0.1) is 13.8 Å². The number of thiophene rings is 1. The van der Waals surface area contributed by atoms with Gasteiger partial charge in [-0.1, -0.05) is 29.3 Å². The number of aliphatic hydroxyl groups is 1. The summed E-state index contributed by atoms with van der Waals surface area (Å²) in [4.78, 5) is 2.15. The van der Waals surface area contributed by atoms with Gasteiger partial charge in [0.05, 0.1) is 10.0 Å². The van der Waals surface area contributed by atoms with Crippen molar-refractivity contribution >= 4 is 34.5 Å². The van der Waals surface area contributed by atoms with Gasteiger partial charge in [-0.3, -0.25) is 0 Å². The molecule has 0 saturated heterocycles. The monoisotopic (exact) mass is 286 g/mol. The lowest BCUT2D eigenvalue weighted by Gasteiger charge is -2.09. The molecule has 1 aromatic carbocycles. The molecule has 4 heteroatoms. The number of hydrogen-bond acceptors (Lipinski definition) is 2. The normalized spacial score (nSPS) is 12.8. The second-order valence-electron chi connectivity index (χ2n) is 3.96. The van der Waals surface area contributed by atoms with Gasteiger partial charge in [-0.05, 0) is 43.2 Å². The van der Waals surface area contributed by atoms with Gasteiger partial charge in [-0.2, -0.15) is 0 Å². The van der Waals surface area contributed by atoms with E-state index in [0.29, 0.717) is 10.0 Å². The third kappa shape index (κ3) is 2.66. The van der Waals surface area contributed by atoms with E-state index in [2.05, 4.69) is 0 Å². The summed E-state index contributed by atoms with van der Waals surface area (Å²) in [6.45, 7) is 4.09. The first-order chi connectivity index (χ1) is 7.99. The Hall–Kier alpha value is -0.540. The summed E-state index contributed by atoms with van der Waals surface area (Å²) in [6, 6.07) is 7.21. The third-order valence-corrected chi connectivity index (χ3v) is 4.66. The van der Waals surface area contributed by atoms with Gasteiger partial charge in [0.1, 0.15) is 6.10 Å². The van der Waals surface area contributed by atoms with Gasteiger partial charge in [0, 0.05) is 9.75 Å². The van der Waals surface area contributed by atoms with Crippen LogP contribution in [0.3, 0.4) is 0 Å². The summed E-state index contributed by atoms with van der Waals surface area (Å²) in [6.07, 6.45) is -0.637. The molecular weight excluding hydrogens is 275 g/mol. The van der Waals surface area contributed by atoms with Crippen molar-refractivity contribution in [2.24, 2.45) is 0 Å². The van der Waals surface area contributed by atoms with E-state index in [1.165, 1.54) is 10.4 Å². The number of rotatable bonds is 2. The average molecular weight is 287 g/mol. The van der Waals surface area contributed by atoms with E-state index in [1.807, 2.05) is 19.9 Å². The largest absolute Gasteiger partial charge is 0.383 e. The maximum absolute atomic E-state index is 10.3. The van der Waals surface area contributed by atoms with Crippen molar-refractivity contribution in [1.29, 1.82) is 0 Å². The summed E-state index contributed by atoms with van der Waals surface area (Å²) < 4.78 is 0. The predicted molar refractivity (Wildman–Crippen MR) is 74.3 cm³/mol. The zero-order valence-electron chi connectivity index (χ0n) is 9.50. The van der Waals surface area contributed by atoms with E-state index in [1.54, 1.807) is 29.5 Å². The Morgan fingerprint density at radius 3 is 2.35 bits per heavy atom. The SMILES string of the molecule is Cc1cc(C(O)c2ccc(Cl)c(Cl)c2)sc1C. The number of hydrogen-bond donors (Lipinski definition) is 1. The van der Waals surface area contributed by atoms with Crippen LogP contribution in [0.5, 0.6) is 0 Å². The highest BCUT2D eigenvalue weighted by Crippen LogP contribution is 2.33. The van der Waals surface area contributed by atoms with E-state index in [4.69, 9.17) is 23.2 Å². The Bertz CT molecular complexity index is 529. The van der Waals surface area contributed by atoms with Crippen molar-refractivity contribution in [3.05, 3.63) is 55.2 Å². The van der Waals surface area contributed by atoms with Crippen molar-refractivity contribution < 1.29 is 5.11 Å². The van der Waals surface area contributed by atoms with Crippen molar-refractivity contribution in [3.63, 3.8) is 0 Å². The molecule has 1 aromatic heterocycles. The van der Waals surface area contributed by atoms with Crippen LogP contribution in [-0.4, -0.2) is 5.11 Å². The second kappa shape index (κ2) is 4.99. The first kappa shape index (κ1) is 12.9. The molecule has 0 aliphatic rings. The molecule has 1 nitrogen and oxygen atoms in total. The predicted octanol–water partition coefficient (Wildman–Crippen LogP) is 4.75. The number of halogens is 2. The van der Waals surface area contributed by atoms with Crippen molar-refractivity contribution in [1.82, 2.24) is 0 Å². The summed E-state index contributed by atoms with van der Waals surface area (Å²) in [5.74, 6) is 0. The Morgan fingerprint density at radius 1 is 1.12 bits per heavy atom. The fourth-order valence-electron chi connectivity index (χ4n) is 1.58. The molecule has 1 unspecified atom stereocenters.